The topological polar surface area (TPSA) is 139 Å². The quantitative estimate of drug-likeness (QED) is 0.522. The third-order valence-electron chi connectivity index (χ3n) is 6.06. The highest BCUT2D eigenvalue weighted by Crippen LogP contribution is 2.29. The van der Waals surface area contributed by atoms with E-state index in [1.165, 1.54) is 4.57 Å². The molecule has 0 radical (unpaired) electrons. The number of pyridine rings is 2. The third kappa shape index (κ3) is 4.17. The first-order chi connectivity index (χ1) is 15.4. The van der Waals surface area contributed by atoms with Gasteiger partial charge in [-0.2, -0.15) is 0 Å². The highest BCUT2D eigenvalue weighted by Gasteiger charge is 2.35. The van der Waals surface area contributed by atoms with Crippen LogP contribution in [0.15, 0.2) is 41.7 Å². The summed E-state index contributed by atoms with van der Waals surface area (Å²) >= 11 is 0. The molecule has 0 unspecified atom stereocenters. The first-order valence-electron chi connectivity index (χ1n) is 10.6. The molecule has 32 heavy (non-hydrogen) atoms. The van der Waals surface area contributed by atoms with Crippen molar-refractivity contribution in [3.05, 3.63) is 47.3 Å². The largest absolute Gasteiger partial charge is 0.393 e. The molecule has 2 aliphatic rings. The van der Waals surface area contributed by atoms with E-state index in [1.54, 1.807) is 36.9 Å². The van der Waals surface area contributed by atoms with Crippen LogP contribution >= 0.6 is 0 Å². The number of rotatable bonds is 5. The van der Waals surface area contributed by atoms with Gasteiger partial charge in [-0.15, -0.1) is 0 Å². The Labute approximate surface area is 184 Å². The van der Waals surface area contributed by atoms with E-state index in [2.05, 4.69) is 25.6 Å². The van der Waals surface area contributed by atoms with Crippen molar-refractivity contribution >= 4 is 38.1 Å². The molecule has 1 saturated carbocycles. The Hall–Kier alpha value is -3.05. The molecular formula is C21H24N6O4S. The normalized spacial score (nSPS) is 22.9. The van der Waals surface area contributed by atoms with Crippen LogP contribution in [0.5, 0.6) is 0 Å². The van der Waals surface area contributed by atoms with Gasteiger partial charge in [-0.25, -0.2) is 18.4 Å². The van der Waals surface area contributed by atoms with Gasteiger partial charge in [0, 0.05) is 24.6 Å². The summed E-state index contributed by atoms with van der Waals surface area (Å²) in [5, 5.41) is 17.5. The Bertz CT molecular complexity index is 1290. The van der Waals surface area contributed by atoms with Gasteiger partial charge < -0.3 is 20.3 Å². The van der Waals surface area contributed by atoms with E-state index >= 15 is 0 Å². The minimum Gasteiger partial charge on any atom is -0.393 e. The van der Waals surface area contributed by atoms with Gasteiger partial charge in [0.25, 0.3) is 5.56 Å². The molecule has 0 aromatic carbocycles. The van der Waals surface area contributed by atoms with Crippen LogP contribution in [0.3, 0.4) is 0 Å². The fourth-order valence-electron chi connectivity index (χ4n) is 4.34. The lowest BCUT2D eigenvalue weighted by molar-refractivity contribution is 0.126. The van der Waals surface area contributed by atoms with Gasteiger partial charge in [-0.1, -0.05) is 0 Å². The van der Waals surface area contributed by atoms with Gasteiger partial charge in [0.1, 0.15) is 17.5 Å². The van der Waals surface area contributed by atoms with Crippen LogP contribution < -0.4 is 16.2 Å². The number of hydrogen-bond acceptors (Lipinski definition) is 9. The summed E-state index contributed by atoms with van der Waals surface area (Å²) < 4.78 is 24.8. The summed E-state index contributed by atoms with van der Waals surface area (Å²) in [4.78, 5) is 26.3. The van der Waals surface area contributed by atoms with Crippen LogP contribution in [0.1, 0.15) is 31.7 Å². The Morgan fingerprint density at radius 3 is 2.56 bits per heavy atom. The molecule has 168 valence electrons. The molecule has 0 amide bonds. The van der Waals surface area contributed by atoms with E-state index in [-0.39, 0.29) is 35.3 Å². The molecule has 1 aliphatic heterocycles. The summed E-state index contributed by atoms with van der Waals surface area (Å²) in [5.41, 5.74) is -0.265. The molecule has 0 bridgehead atoms. The van der Waals surface area contributed by atoms with E-state index in [0.717, 1.165) is 12.8 Å². The van der Waals surface area contributed by atoms with Crippen molar-refractivity contribution in [2.24, 2.45) is 0 Å². The molecule has 0 atom stereocenters. The molecular weight excluding hydrogens is 432 g/mol. The number of aliphatic hydroxyl groups is 1. The predicted molar refractivity (Wildman–Crippen MR) is 121 cm³/mol. The molecule has 10 nitrogen and oxygen atoms in total. The second-order valence-electron chi connectivity index (χ2n) is 8.44. The molecule has 4 heterocycles. The molecule has 1 saturated heterocycles. The Morgan fingerprint density at radius 2 is 1.88 bits per heavy atom. The average molecular weight is 457 g/mol. The zero-order valence-corrected chi connectivity index (χ0v) is 18.1. The van der Waals surface area contributed by atoms with Crippen LogP contribution in [-0.4, -0.2) is 56.7 Å². The third-order valence-corrected chi connectivity index (χ3v) is 7.84. The van der Waals surface area contributed by atoms with Gasteiger partial charge in [0.05, 0.1) is 35.2 Å². The molecule has 3 aromatic rings. The summed E-state index contributed by atoms with van der Waals surface area (Å²) in [6.07, 6.45) is 9.01. The molecule has 0 spiro atoms. The Morgan fingerprint density at radius 1 is 1.09 bits per heavy atom. The number of fused-ring (bicyclic) bond motifs is 1. The Balaban J connectivity index is 1.55. The second kappa shape index (κ2) is 8.14. The minimum atomic E-state index is -3.07. The fraction of sp³-hybridized carbons (Fsp3) is 0.429. The summed E-state index contributed by atoms with van der Waals surface area (Å²) in [6, 6.07) is 3.30. The number of nitrogens with zero attached hydrogens (tertiary/aromatic N) is 4. The van der Waals surface area contributed by atoms with Crippen molar-refractivity contribution in [1.29, 1.82) is 0 Å². The zero-order chi connectivity index (χ0) is 22.3. The van der Waals surface area contributed by atoms with Crippen LogP contribution in [0, 0.1) is 0 Å². The second-order valence-corrected chi connectivity index (χ2v) is 10.6. The number of aliphatic hydroxyl groups excluding tert-OH is 1. The summed E-state index contributed by atoms with van der Waals surface area (Å²) in [6.45, 7) is 0. The number of anilines is 3. The van der Waals surface area contributed by atoms with E-state index in [1.807, 2.05) is 0 Å². The van der Waals surface area contributed by atoms with E-state index in [4.69, 9.17) is 0 Å². The van der Waals surface area contributed by atoms with Crippen molar-refractivity contribution in [3.8, 4) is 0 Å². The van der Waals surface area contributed by atoms with Crippen LogP contribution in [0.25, 0.3) is 10.8 Å². The first kappa shape index (κ1) is 20.8. The van der Waals surface area contributed by atoms with E-state index in [9.17, 15) is 18.3 Å². The van der Waals surface area contributed by atoms with Crippen LogP contribution in [0.4, 0.5) is 17.5 Å². The van der Waals surface area contributed by atoms with Crippen molar-refractivity contribution in [2.45, 2.75) is 43.9 Å². The van der Waals surface area contributed by atoms with Gasteiger partial charge in [-0.3, -0.25) is 9.78 Å². The zero-order valence-electron chi connectivity index (χ0n) is 17.3. The lowest BCUT2D eigenvalue weighted by Crippen LogP contribution is -2.42. The average Bonchev–Trinajstić information content (AvgIpc) is 2.74. The van der Waals surface area contributed by atoms with E-state index < -0.39 is 9.84 Å². The molecule has 5 rings (SSSR count). The molecule has 1 aliphatic carbocycles. The maximum absolute atomic E-state index is 13.4. The Kier molecular flexibility index (Phi) is 5.30. The van der Waals surface area contributed by atoms with Gasteiger partial charge in [-0.05, 0) is 43.2 Å². The van der Waals surface area contributed by atoms with Crippen molar-refractivity contribution in [2.75, 3.05) is 22.1 Å². The number of nitrogens with one attached hydrogen (secondary N) is 2. The number of aromatic nitrogens is 4. The lowest BCUT2D eigenvalue weighted by atomic mass is 9.93. The van der Waals surface area contributed by atoms with Crippen molar-refractivity contribution in [1.82, 2.24) is 19.5 Å². The van der Waals surface area contributed by atoms with Gasteiger partial charge >= 0.3 is 0 Å². The maximum atomic E-state index is 13.4. The van der Waals surface area contributed by atoms with Gasteiger partial charge in [0.15, 0.2) is 9.84 Å². The minimum absolute atomic E-state index is 0.0264. The van der Waals surface area contributed by atoms with E-state index in [0.29, 0.717) is 41.1 Å². The summed E-state index contributed by atoms with van der Waals surface area (Å²) in [5.74, 6) is 1.43. The first-order valence-corrected chi connectivity index (χ1v) is 12.4. The highest BCUT2D eigenvalue weighted by atomic mass is 32.2. The smallest absolute Gasteiger partial charge is 0.262 e. The molecule has 3 N–H and O–H groups in total. The fourth-order valence-corrected chi connectivity index (χ4v) is 5.74. The molecule has 11 heteroatoms. The maximum Gasteiger partial charge on any atom is 0.262 e. The van der Waals surface area contributed by atoms with Gasteiger partial charge in [0.2, 0.25) is 0 Å². The highest BCUT2D eigenvalue weighted by molar-refractivity contribution is 7.92. The molecule has 3 aromatic heterocycles. The van der Waals surface area contributed by atoms with Crippen molar-refractivity contribution < 1.29 is 13.5 Å². The summed E-state index contributed by atoms with van der Waals surface area (Å²) in [7, 11) is -3.07. The standard InChI is InChI=1S/C21H24N6O4S/c28-16-3-1-14(2-4-16)24-20-19-13(9-17(26-20)25-18-10-22-6-7-23-18)5-8-27(21(19)29)15-11-32(30,31)12-15/h5-10,14-16,28H,1-4,11-12H2,(H2,23,24,25,26)/t14-,16+. The lowest BCUT2D eigenvalue weighted by Gasteiger charge is -2.29. The number of hydrogen-bond donors (Lipinski definition) is 3. The van der Waals surface area contributed by atoms with Crippen LogP contribution in [-0.2, 0) is 9.84 Å². The van der Waals surface area contributed by atoms with Crippen LogP contribution in [0.2, 0.25) is 0 Å². The predicted octanol–water partition coefficient (Wildman–Crippen LogP) is 1.61. The monoisotopic (exact) mass is 456 g/mol. The molecule has 2 fully saturated rings. The SMILES string of the molecule is O=c1c2c(N[C@H]3CC[C@@H](O)CC3)nc(Nc3cnccn3)cc2ccn1C1CS(=O)(=O)C1. The van der Waals surface area contributed by atoms with Crippen molar-refractivity contribution in [3.63, 3.8) is 0 Å². The number of sulfone groups is 1.